The van der Waals surface area contributed by atoms with Crippen LogP contribution in [0.3, 0.4) is 0 Å². The molecule has 0 atom stereocenters. The Morgan fingerprint density at radius 3 is 2.60 bits per heavy atom. The minimum Gasteiger partial charge on any atom is -0.374 e. The zero-order valence-electron chi connectivity index (χ0n) is 6.76. The van der Waals surface area contributed by atoms with Crippen molar-refractivity contribution in [2.75, 3.05) is 40.3 Å². The molecule has 0 aliphatic carbocycles. The van der Waals surface area contributed by atoms with Gasteiger partial charge >= 0.3 is 0 Å². The molecule has 0 unspecified atom stereocenters. The van der Waals surface area contributed by atoms with E-state index in [1.54, 1.807) is 0 Å². The van der Waals surface area contributed by atoms with Crippen molar-refractivity contribution in [1.82, 2.24) is 10.2 Å². The van der Waals surface area contributed by atoms with Gasteiger partial charge in [0.25, 0.3) is 0 Å². The first kappa shape index (κ1) is 7.98. The van der Waals surface area contributed by atoms with Gasteiger partial charge in [-0.15, -0.1) is 0 Å². The van der Waals surface area contributed by atoms with Crippen molar-refractivity contribution < 1.29 is 4.74 Å². The van der Waals surface area contributed by atoms with Crippen LogP contribution in [0.2, 0.25) is 0 Å². The van der Waals surface area contributed by atoms with Gasteiger partial charge < -0.3 is 15.0 Å². The molecule has 1 aliphatic rings. The monoisotopic (exact) mass is 144 g/mol. The highest BCUT2D eigenvalue weighted by molar-refractivity contribution is 4.74. The minimum atomic E-state index is 0.486. The summed E-state index contributed by atoms with van der Waals surface area (Å²) in [6, 6.07) is 0. The first-order valence-electron chi connectivity index (χ1n) is 3.76. The van der Waals surface area contributed by atoms with Crippen LogP contribution in [0, 0.1) is 0 Å². The molecule has 0 aromatic rings. The Kier molecular flexibility index (Phi) is 3.12. The summed E-state index contributed by atoms with van der Waals surface area (Å²) in [7, 11) is 4.12. The van der Waals surface area contributed by atoms with Crippen LogP contribution < -0.4 is 5.32 Å². The molecule has 60 valence electrons. The summed E-state index contributed by atoms with van der Waals surface area (Å²) in [4.78, 5) is 2.13. The maximum absolute atomic E-state index is 5.48. The second-order valence-corrected chi connectivity index (χ2v) is 2.95. The number of likely N-dealkylation sites (N-methyl/N-ethyl adjacent to an activating group) is 1. The quantitative estimate of drug-likeness (QED) is 0.577. The predicted octanol–water partition coefficient (Wildman–Crippen LogP) is -0.464. The van der Waals surface area contributed by atoms with Crippen molar-refractivity contribution in [2.45, 2.75) is 6.10 Å². The maximum atomic E-state index is 5.48. The van der Waals surface area contributed by atoms with Crippen molar-refractivity contribution in [3.63, 3.8) is 0 Å². The topological polar surface area (TPSA) is 24.5 Å². The van der Waals surface area contributed by atoms with Crippen molar-refractivity contribution >= 4 is 0 Å². The Morgan fingerprint density at radius 2 is 2.20 bits per heavy atom. The molecule has 0 radical (unpaired) electrons. The van der Waals surface area contributed by atoms with Gasteiger partial charge in [-0.2, -0.15) is 0 Å². The molecule has 1 saturated heterocycles. The summed E-state index contributed by atoms with van der Waals surface area (Å²) >= 11 is 0. The zero-order valence-corrected chi connectivity index (χ0v) is 6.76. The molecule has 1 fully saturated rings. The van der Waals surface area contributed by atoms with E-state index in [4.69, 9.17) is 4.74 Å². The third kappa shape index (κ3) is 2.64. The minimum absolute atomic E-state index is 0.486. The Hall–Kier alpha value is -0.120. The Bertz CT molecular complexity index is 91.6. The van der Waals surface area contributed by atoms with Crippen LogP contribution >= 0.6 is 0 Å². The fraction of sp³-hybridized carbons (Fsp3) is 1.00. The average molecular weight is 144 g/mol. The summed E-state index contributed by atoms with van der Waals surface area (Å²) in [5.41, 5.74) is 0. The fourth-order valence-corrected chi connectivity index (χ4v) is 0.782. The van der Waals surface area contributed by atoms with E-state index in [1.165, 1.54) is 0 Å². The van der Waals surface area contributed by atoms with E-state index in [0.29, 0.717) is 6.10 Å². The molecule has 3 nitrogen and oxygen atoms in total. The van der Waals surface area contributed by atoms with Gasteiger partial charge in [0.2, 0.25) is 0 Å². The lowest BCUT2D eigenvalue weighted by Crippen LogP contribution is -2.49. The van der Waals surface area contributed by atoms with Gasteiger partial charge in [0.15, 0.2) is 0 Å². The first-order chi connectivity index (χ1) is 4.79. The second kappa shape index (κ2) is 3.91. The third-order valence-electron chi connectivity index (χ3n) is 1.64. The van der Waals surface area contributed by atoms with E-state index in [2.05, 4.69) is 24.3 Å². The zero-order chi connectivity index (χ0) is 7.40. The van der Waals surface area contributed by atoms with Crippen LogP contribution in [-0.4, -0.2) is 51.3 Å². The van der Waals surface area contributed by atoms with Crippen LogP contribution in [0.1, 0.15) is 0 Å². The third-order valence-corrected chi connectivity index (χ3v) is 1.64. The van der Waals surface area contributed by atoms with Gasteiger partial charge in [0, 0.05) is 19.6 Å². The lowest BCUT2D eigenvalue weighted by molar-refractivity contribution is 0.0125. The number of nitrogens with zero attached hydrogens (tertiary/aromatic N) is 1. The smallest absolute Gasteiger partial charge is 0.0824 e. The largest absolute Gasteiger partial charge is 0.374 e. The van der Waals surface area contributed by atoms with Gasteiger partial charge in [-0.3, -0.25) is 0 Å². The van der Waals surface area contributed by atoms with Gasteiger partial charge in [-0.25, -0.2) is 0 Å². The molecule has 0 amide bonds. The highest BCUT2D eigenvalue weighted by atomic mass is 16.5. The van der Waals surface area contributed by atoms with Crippen LogP contribution in [0.15, 0.2) is 0 Å². The van der Waals surface area contributed by atoms with Crippen LogP contribution in [0.4, 0.5) is 0 Å². The molecule has 1 N–H and O–H groups in total. The molecule has 1 aliphatic heterocycles. The summed E-state index contributed by atoms with van der Waals surface area (Å²) in [6.07, 6.45) is 0.486. The van der Waals surface area contributed by atoms with E-state index < -0.39 is 0 Å². The van der Waals surface area contributed by atoms with Crippen LogP contribution in [0.5, 0.6) is 0 Å². The number of nitrogens with one attached hydrogen (secondary N) is 1. The summed E-state index contributed by atoms with van der Waals surface area (Å²) in [6.45, 7) is 3.96. The maximum Gasteiger partial charge on any atom is 0.0824 e. The van der Waals surface area contributed by atoms with Crippen molar-refractivity contribution in [3.8, 4) is 0 Å². The summed E-state index contributed by atoms with van der Waals surface area (Å²) in [5, 5.41) is 3.16. The molecule has 1 rings (SSSR count). The highest BCUT2D eigenvalue weighted by Gasteiger charge is 2.16. The van der Waals surface area contributed by atoms with Crippen molar-refractivity contribution in [3.05, 3.63) is 0 Å². The van der Waals surface area contributed by atoms with E-state index in [1.807, 2.05) is 0 Å². The van der Waals surface area contributed by atoms with E-state index in [9.17, 15) is 0 Å². The predicted molar refractivity (Wildman–Crippen MR) is 41.2 cm³/mol. The lowest BCUT2D eigenvalue weighted by Gasteiger charge is -2.27. The normalized spacial score (nSPS) is 19.5. The molecule has 0 spiro atoms. The van der Waals surface area contributed by atoms with Gasteiger partial charge in [0.1, 0.15) is 0 Å². The fourth-order valence-electron chi connectivity index (χ4n) is 0.782. The van der Waals surface area contributed by atoms with Gasteiger partial charge in [-0.05, 0) is 14.1 Å². The Balaban J connectivity index is 1.85. The summed E-state index contributed by atoms with van der Waals surface area (Å²) in [5.74, 6) is 0. The lowest BCUT2D eigenvalue weighted by atomic mass is 10.2. The SMILES string of the molecule is CN(C)CCOC1CNC1. The molecule has 3 heteroatoms. The Labute approximate surface area is 62.3 Å². The molecule has 0 bridgehead atoms. The molecular weight excluding hydrogens is 128 g/mol. The molecule has 1 heterocycles. The highest BCUT2D eigenvalue weighted by Crippen LogP contribution is 1.96. The van der Waals surface area contributed by atoms with Crippen LogP contribution in [-0.2, 0) is 4.74 Å². The number of hydrogen-bond acceptors (Lipinski definition) is 3. The second-order valence-electron chi connectivity index (χ2n) is 2.95. The van der Waals surface area contributed by atoms with Crippen LogP contribution in [0.25, 0.3) is 0 Å². The number of hydrogen-bond donors (Lipinski definition) is 1. The summed E-state index contributed by atoms with van der Waals surface area (Å²) < 4.78 is 5.48. The van der Waals surface area contributed by atoms with Crippen molar-refractivity contribution in [1.29, 1.82) is 0 Å². The van der Waals surface area contributed by atoms with E-state index >= 15 is 0 Å². The number of rotatable bonds is 4. The molecule has 0 aromatic carbocycles. The van der Waals surface area contributed by atoms with Crippen molar-refractivity contribution in [2.24, 2.45) is 0 Å². The molecule has 0 saturated carbocycles. The molecule has 0 aromatic heterocycles. The molecule has 10 heavy (non-hydrogen) atoms. The Morgan fingerprint density at radius 1 is 1.50 bits per heavy atom. The first-order valence-corrected chi connectivity index (χ1v) is 3.76. The van der Waals surface area contributed by atoms with E-state index in [-0.39, 0.29) is 0 Å². The van der Waals surface area contributed by atoms with Gasteiger partial charge in [0.05, 0.1) is 12.7 Å². The molecular formula is C7H16N2O. The van der Waals surface area contributed by atoms with Gasteiger partial charge in [-0.1, -0.05) is 0 Å². The average Bonchev–Trinajstić information content (AvgIpc) is 1.75. The standard InChI is InChI=1S/C7H16N2O/c1-9(2)3-4-10-7-5-8-6-7/h7-8H,3-6H2,1-2H3. The number of ether oxygens (including phenoxy) is 1. The van der Waals surface area contributed by atoms with E-state index in [0.717, 1.165) is 26.2 Å².